The normalized spacial score (nSPS) is 15.6. The van der Waals surface area contributed by atoms with Gasteiger partial charge in [-0.25, -0.2) is 0 Å². The Bertz CT molecular complexity index is 1250. The Morgan fingerprint density at radius 2 is 1.83 bits per heavy atom. The van der Waals surface area contributed by atoms with Gasteiger partial charge in [0.15, 0.2) is 5.78 Å². The number of carboxylic acid groups (broad SMARTS) is 1. The highest BCUT2D eigenvalue weighted by molar-refractivity contribution is 6.03. The summed E-state index contributed by atoms with van der Waals surface area (Å²) in [4.78, 5) is 49.6. The molecule has 35 heavy (non-hydrogen) atoms. The van der Waals surface area contributed by atoms with Crippen LogP contribution in [0.3, 0.4) is 0 Å². The van der Waals surface area contributed by atoms with Crippen molar-refractivity contribution in [1.29, 1.82) is 0 Å². The first-order valence-corrected chi connectivity index (χ1v) is 11.8. The summed E-state index contributed by atoms with van der Waals surface area (Å²) in [5.41, 5.74) is 3.76. The second-order valence-corrected chi connectivity index (χ2v) is 9.50. The molecule has 2 aromatic rings. The number of rotatable bonds is 9. The van der Waals surface area contributed by atoms with Crippen LogP contribution in [0.25, 0.3) is 5.57 Å². The van der Waals surface area contributed by atoms with Crippen LogP contribution >= 0.6 is 0 Å². The van der Waals surface area contributed by atoms with Crippen molar-refractivity contribution in [3.8, 4) is 0 Å². The number of hydrogen-bond acceptors (Lipinski definition) is 4. The Kier molecular flexibility index (Phi) is 8.22. The molecule has 1 heterocycles. The van der Waals surface area contributed by atoms with Crippen LogP contribution in [0.2, 0.25) is 0 Å². The van der Waals surface area contributed by atoms with Crippen LogP contribution in [0.4, 0.5) is 0 Å². The maximum atomic E-state index is 13.4. The van der Waals surface area contributed by atoms with Gasteiger partial charge in [0.1, 0.15) is 6.04 Å². The first-order chi connectivity index (χ1) is 16.6. The molecule has 2 N–H and O–H groups in total. The zero-order valence-corrected chi connectivity index (χ0v) is 20.6. The Morgan fingerprint density at radius 3 is 2.49 bits per heavy atom. The van der Waals surface area contributed by atoms with Crippen molar-refractivity contribution in [2.24, 2.45) is 5.92 Å². The van der Waals surface area contributed by atoms with Gasteiger partial charge in [0.25, 0.3) is 5.56 Å². The first kappa shape index (κ1) is 25.9. The van der Waals surface area contributed by atoms with E-state index in [2.05, 4.69) is 5.32 Å². The van der Waals surface area contributed by atoms with Crippen LogP contribution in [0.1, 0.15) is 70.2 Å². The highest BCUT2D eigenvalue weighted by atomic mass is 16.4. The molecule has 184 valence electrons. The van der Waals surface area contributed by atoms with Crippen LogP contribution in [0, 0.1) is 5.92 Å². The highest BCUT2D eigenvalue weighted by Crippen LogP contribution is 2.31. The van der Waals surface area contributed by atoms with Crippen molar-refractivity contribution in [3.63, 3.8) is 0 Å². The topological polar surface area (TPSA) is 105 Å². The van der Waals surface area contributed by atoms with Gasteiger partial charge in [-0.15, -0.1) is 0 Å². The number of pyridine rings is 1. The fourth-order valence-electron chi connectivity index (χ4n) is 4.33. The molecule has 1 aliphatic carbocycles. The number of ketones is 1. The number of nitrogens with one attached hydrogen (secondary N) is 1. The molecule has 7 heteroatoms. The second-order valence-electron chi connectivity index (χ2n) is 9.50. The van der Waals surface area contributed by atoms with Crippen LogP contribution < -0.4 is 10.9 Å². The number of nitrogens with zero attached hydrogens (tertiary/aromatic N) is 1. The number of carbonyl (C=O) groups is 3. The van der Waals surface area contributed by atoms with Gasteiger partial charge in [0.05, 0.1) is 12.5 Å². The van der Waals surface area contributed by atoms with Crippen LogP contribution in [-0.4, -0.2) is 27.3 Å². The number of carboxylic acids is 1. The monoisotopic (exact) mass is 476 g/mol. The largest absolute Gasteiger partial charge is 0.481 e. The minimum absolute atomic E-state index is 0.0887. The molecule has 1 aliphatic rings. The quantitative estimate of drug-likeness (QED) is 0.556. The first-order valence-electron chi connectivity index (χ1n) is 11.8. The van der Waals surface area contributed by atoms with Crippen LogP contribution in [-0.2, 0) is 14.4 Å². The van der Waals surface area contributed by atoms with E-state index in [4.69, 9.17) is 0 Å². The van der Waals surface area contributed by atoms with Gasteiger partial charge in [-0.2, -0.15) is 0 Å². The molecule has 0 bridgehead atoms. The average molecular weight is 477 g/mol. The van der Waals surface area contributed by atoms with Crippen molar-refractivity contribution in [2.45, 2.75) is 59.0 Å². The predicted octanol–water partition coefficient (Wildman–Crippen LogP) is 4.46. The lowest BCUT2D eigenvalue weighted by atomic mass is 9.87. The number of aromatic nitrogens is 1. The van der Waals surface area contributed by atoms with Crippen LogP contribution in [0.15, 0.2) is 70.7 Å². The number of Topliss-reactive ketones (excluding diaryl/α,β-unsaturated/α-hetero) is 1. The summed E-state index contributed by atoms with van der Waals surface area (Å²) >= 11 is 0. The molecule has 0 radical (unpaired) electrons. The van der Waals surface area contributed by atoms with E-state index in [9.17, 15) is 24.3 Å². The Balaban J connectivity index is 1.96. The Labute approximate surface area is 205 Å². The molecule has 0 saturated carbocycles. The molecular formula is C28H32N2O5. The van der Waals surface area contributed by atoms with Crippen molar-refractivity contribution < 1.29 is 19.5 Å². The van der Waals surface area contributed by atoms with Gasteiger partial charge in [-0.1, -0.05) is 43.7 Å². The number of aliphatic carboxylic acids is 1. The summed E-state index contributed by atoms with van der Waals surface area (Å²) in [6.45, 7) is 7.62. The molecule has 0 unspecified atom stereocenters. The van der Waals surface area contributed by atoms with Gasteiger partial charge in [0.2, 0.25) is 5.91 Å². The molecule has 1 aromatic heterocycles. The minimum atomic E-state index is -1.05. The van der Waals surface area contributed by atoms with Crippen LogP contribution in [0.5, 0.6) is 0 Å². The molecule has 1 amide bonds. The van der Waals surface area contributed by atoms with E-state index >= 15 is 0 Å². The lowest BCUT2D eigenvalue weighted by Gasteiger charge is -2.25. The summed E-state index contributed by atoms with van der Waals surface area (Å²) in [5, 5.41) is 12.5. The van der Waals surface area contributed by atoms with E-state index < -0.39 is 24.0 Å². The summed E-state index contributed by atoms with van der Waals surface area (Å²) in [5.74, 6) is -1.23. The van der Waals surface area contributed by atoms with Crippen molar-refractivity contribution >= 4 is 23.2 Å². The van der Waals surface area contributed by atoms with E-state index in [1.54, 1.807) is 31.3 Å². The average Bonchev–Trinajstić information content (AvgIpc) is 2.79. The summed E-state index contributed by atoms with van der Waals surface area (Å²) in [7, 11) is 0. The highest BCUT2D eigenvalue weighted by Gasteiger charge is 2.27. The van der Waals surface area contributed by atoms with Crippen molar-refractivity contribution in [1.82, 2.24) is 9.88 Å². The number of benzene rings is 1. The van der Waals surface area contributed by atoms with Gasteiger partial charge in [-0.05, 0) is 66.7 Å². The van der Waals surface area contributed by atoms with Gasteiger partial charge < -0.3 is 15.0 Å². The fraction of sp³-hybridized carbons (Fsp3) is 0.357. The maximum Gasteiger partial charge on any atom is 0.305 e. The number of hydrogen-bond donors (Lipinski definition) is 2. The smallest absolute Gasteiger partial charge is 0.305 e. The Hall–Kier alpha value is -3.74. The van der Waals surface area contributed by atoms with Crippen molar-refractivity contribution in [3.05, 3.63) is 87.4 Å². The van der Waals surface area contributed by atoms with E-state index in [0.717, 1.165) is 16.7 Å². The number of amides is 1. The molecule has 0 spiro atoms. The predicted molar refractivity (Wildman–Crippen MR) is 135 cm³/mol. The Morgan fingerprint density at radius 1 is 1.09 bits per heavy atom. The van der Waals surface area contributed by atoms with Crippen molar-refractivity contribution in [2.75, 3.05) is 0 Å². The second kappa shape index (κ2) is 11.1. The standard InChI is InChI=1S/C28H32N2O5/c1-17(2)12-24(30-11-6-5-10-26(30)32)28(35)29-23(16-27(33)34)21-9-7-8-20(15-21)22-13-19(4)25(31)14-18(22)3/h5-11,13,15,17,23-24H,12,14,16H2,1-4H3,(H,29,35)(H,33,34)/t23-,24+/m0/s1. The minimum Gasteiger partial charge on any atom is -0.481 e. The molecule has 7 nitrogen and oxygen atoms in total. The lowest BCUT2D eigenvalue weighted by Crippen LogP contribution is -2.39. The lowest BCUT2D eigenvalue weighted by molar-refractivity contribution is -0.138. The zero-order valence-electron chi connectivity index (χ0n) is 20.6. The summed E-state index contributed by atoms with van der Waals surface area (Å²) in [6, 6.07) is 10.5. The fourth-order valence-corrected chi connectivity index (χ4v) is 4.33. The van der Waals surface area contributed by atoms with E-state index in [-0.39, 0.29) is 23.7 Å². The van der Waals surface area contributed by atoms with Gasteiger partial charge in [0, 0.05) is 18.7 Å². The molecule has 0 fully saturated rings. The molecular weight excluding hydrogens is 444 g/mol. The molecule has 1 aromatic carbocycles. The zero-order chi connectivity index (χ0) is 25.7. The van der Waals surface area contributed by atoms with Gasteiger partial charge >= 0.3 is 5.97 Å². The van der Waals surface area contributed by atoms with E-state index in [0.29, 0.717) is 24.0 Å². The third kappa shape index (κ3) is 6.44. The van der Waals surface area contributed by atoms with E-state index in [1.807, 2.05) is 45.0 Å². The molecule has 0 saturated heterocycles. The maximum absolute atomic E-state index is 13.4. The molecule has 2 atom stereocenters. The van der Waals surface area contributed by atoms with E-state index in [1.165, 1.54) is 10.6 Å². The summed E-state index contributed by atoms with van der Waals surface area (Å²) < 4.78 is 1.39. The number of allylic oxidation sites excluding steroid dienone is 4. The van der Waals surface area contributed by atoms with Gasteiger partial charge in [-0.3, -0.25) is 19.2 Å². The third-order valence-corrected chi connectivity index (χ3v) is 6.17. The number of carbonyl (C=O) groups excluding carboxylic acids is 2. The molecule has 0 aliphatic heterocycles. The third-order valence-electron chi connectivity index (χ3n) is 6.17. The molecule has 3 rings (SSSR count). The summed E-state index contributed by atoms with van der Waals surface area (Å²) in [6.07, 6.45) is 3.90. The SMILES string of the molecule is CC1=CC(c2cccc([C@H](CC(=O)O)NC(=O)[C@@H](CC(C)C)n3ccccc3=O)c2)=C(C)CC1=O.